The standard InChI is InChI=1S/C19H27N3O3S/c1-13-9-18(2,3)12-19(10-13)16(24)22(17(25)21-19)11-15(23)20-7-6-14-5-4-8-26-14/h4-5,8,13H,6-7,9-12H2,1-3H3,(H,20,23)(H,21,25)/t13-,19+/m1/s1. The first-order valence-corrected chi connectivity index (χ1v) is 10.0. The summed E-state index contributed by atoms with van der Waals surface area (Å²) in [6.45, 7) is 6.65. The number of nitrogens with zero attached hydrogens (tertiary/aromatic N) is 1. The number of hydrogen-bond donors (Lipinski definition) is 2. The highest BCUT2D eigenvalue weighted by Crippen LogP contribution is 2.46. The number of urea groups is 1. The molecule has 2 fully saturated rings. The Morgan fingerprint density at radius 3 is 2.81 bits per heavy atom. The van der Waals surface area contributed by atoms with Gasteiger partial charge in [0.1, 0.15) is 12.1 Å². The molecule has 1 saturated carbocycles. The zero-order valence-corrected chi connectivity index (χ0v) is 16.4. The Kier molecular flexibility index (Phi) is 5.10. The minimum Gasteiger partial charge on any atom is -0.354 e. The van der Waals surface area contributed by atoms with Crippen molar-refractivity contribution >= 4 is 29.2 Å². The van der Waals surface area contributed by atoms with E-state index in [2.05, 4.69) is 31.4 Å². The van der Waals surface area contributed by atoms with Crippen molar-refractivity contribution in [3.8, 4) is 0 Å². The highest BCUT2D eigenvalue weighted by Gasteiger charge is 2.56. The van der Waals surface area contributed by atoms with Crippen molar-refractivity contribution < 1.29 is 14.4 Å². The number of hydrogen-bond acceptors (Lipinski definition) is 4. The van der Waals surface area contributed by atoms with Crippen LogP contribution >= 0.6 is 11.3 Å². The van der Waals surface area contributed by atoms with Crippen molar-refractivity contribution in [2.45, 2.75) is 52.0 Å². The van der Waals surface area contributed by atoms with Gasteiger partial charge >= 0.3 is 6.03 Å². The van der Waals surface area contributed by atoms with Crippen LogP contribution in [-0.4, -0.2) is 41.4 Å². The average molecular weight is 378 g/mol. The summed E-state index contributed by atoms with van der Waals surface area (Å²) in [4.78, 5) is 39.8. The van der Waals surface area contributed by atoms with Crippen LogP contribution in [0.2, 0.25) is 0 Å². The number of carbonyl (C=O) groups is 3. The van der Waals surface area contributed by atoms with E-state index in [1.54, 1.807) is 11.3 Å². The van der Waals surface area contributed by atoms with Crippen molar-refractivity contribution in [2.24, 2.45) is 11.3 Å². The zero-order valence-electron chi connectivity index (χ0n) is 15.6. The summed E-state index contributed by atoms with van der Waals surface area (Å²) in [5.41, 5.74) is -0.866. The lowest BCUT2D eigenvalue weighted by molar-refractivity contribution is -0.137. The molecule has 0 unspecified atom stereocenters. The summed E-state index contributed by atoms with van der Waals surface area (Å²) < 4.78 is 0. The Labute approximate surface area is 158 Å². The summed E-state index contributed by atoms with van der Waals surface area (Å²) >= 11 is 1.64. The Morgan fingerprint density at radius 1 is 1.38 bits per heavy atom. The molecule has 1 aromatic rings. The van der Waals surface area contributed by atoms with E-state index < -0.39 is 11.6 Å². The van der Waals surface area contributed by atoms with Gasteiger partial charge in [0.2, 0.25) is 5.91 Å². The highest BCUT2D eigenvalue weighted by molar-refractivity contribution is 7.09. The summed E-state index contributed by atoms with van der Waals surface area (Å²) in [6.07, 6.45) is 3.03. The molecule has 0 aromatic carbocycles. The van der Waals surface area contributed by atoms with Gasteiger partial charge in [0.25, 0.3) is 5.91 Å². The Morgan fingerprint density at radius 2 is 2.15 bits per heavy atom. The smallest absolute Gasteiger partial charge is 0.325 e. The normalized spacial score (nSPS) is 27.7. The first-order valence-electron chi connectivity index (χ1n) is 9.14. The SMILES string of the molecule is C[C@@H]1CC(C)(C)C[C@]2(C1)NC(=O)N(CC(=O)NCCc1cccs1)C2=O. The molecular formula is C19H27N3O3S. The van der Waals surface area contributed by atoms with E-state index in [4.69, 9.17) is 0 Å². The molecule has 2 N–H and O–H groups in total. The third-order valence-electron chi connectivity index (χ3n) is 5.20. The summed E-state index contributed by atoms with van der Waals surface area (Å²) in [6, 6.07) is 3.54. The second-order valence-corrected chi connectivity index (χ2v) is 9.47. The molecule has 0 radical (unpaired) electrons. The van der Waals surface area contributed by atoms with Crippen LogP contribution in [-0.2, 0) is 16.0 Å². The number of carbonyl (C=O) groups excluding carboxylic acids is 3. The zero-order chi connectivity index (χ0) is 18.9. The predicted octanol–water partition coefficient (Wildman–Crippen LogP) is 2.54. The van der Waals surface area contributed by atoms with Crippen molar-refractivity contribution in [2.75, 3.05) is 13.1 Å². The van der Waals surface area contributed by atoms with Gasteiger partial charge in [0, 0.05) is 11.4 Å². The maximum Gasteiger partial charge on any atom is 0.325 e. The molecule has 26 heavy (non-hydrogen) atoms. The van der Waals surface area contributed by atoms with Gasteiger partial charge < -0.3 is 10.6 Å². The van der Waals surface area contributed by atoms with Gasteiger partial charge in [-0.3, -0.25) is 14.5 Å². The minimum atomic E-state index is -0.852. The monoisotopic (exact) mass is 377 g/mol. The molecule has 2 atom stereocenters. The third kappa shape index (κ3) is 3.92. The fourth-order valence-electron chi connectivity index (χ4n) is 4.63. The molecule has 3 rings (SSSR count). The van der Waals surface area contributed by atoms with Gasteiger partial charge in [-0.2, -0.15) is 0 Å². The molecule has 142 valence electrons. The average Bonchev–Trinajstić information content (AvgIpc) is 3.09. The number of imide groups is 1. The Bertz CT molecular complexity index is 701. The lowest BCUT2D eigenvalue weighted by Crippen LogP contribution is -2.54. The van der Waals surface area contributed by atoms with Gasteiger partial charge in [0.05, 0.1) is 0 Å². The predicted molar refractivity (Wildman–Crippen MR) is 101 cm³/mol. The van der Waals surface area contributed by atoms with E-state index in [9.17, 15) is 14.4 Å². The number of amides is 4. The second-order valence-electron chi connectivity index (χ2n) is 8.44. The Balaban J connectivity index is 1.59. The van der Waals surface area contributed by atoms with Crippen LogP contribution in [0.4, 0.5) is 4.79 Å². The molecule has 1 aliphatic heterocycles. The molecule has 2 aliphatic rings. The fraction of sp³-hybridized carbons (Fsp3) is 0.632. The van der Waals surface area contributed by atoms with Crippen LogP contribution in [0.1, 0.15) is 44.9 Å². The van der Waals surface area contributed by atoms with Crippen molar-refractivity contribution in [3.63, 3.8) is 0 Å². The first kappa shape index (κ1) is 18.9. The van der Waals surface area contributed by atoms with E-state index in [-0.39, 0.29) is 23.8 Å². The van der Waals surface area contributed by atoms with Crippen LogP contribution < -0.4 is 10.6 Å². The first-order chi connectivity index (χ1) is 12.2. The van der Waals surface area contributed by atoms with Gasteiger partial charge in [-0.25, -0.2) is 4.79 Å². The van der Waals surface area contributed by atoms with Gasteiger partial charge in [0.15, 0.2) is 0 Å². The van der Waals surface area contributed by atoms with Crippen molar-refractivity contribution in [1.82, 2.24) is 15.5 Å². The maximum atomic E-state index is 13.0. The molecule has 4 amide bonds. The van der Waals surface area contributed by atoms with E-state index in [0.717, 1.165) is 17.7 Å². The third-order valence-corrected chi connectivity index (χ3v) is 6.14. The van der Waals surface area contributed by atoms with Crippen molar-refractivity contribution in [3.05, 3.63) is 22.4 Å². The van der Waals surface area contributed by atoms with Crippen LogP contribution in [0.5, 0.6) is 0 Å². The largest absolute Gasteiger partial charge is 0.354 e. The molecule has 1 spiro atoms. The lowest BCUT2D eigenvalue weighted by Gasteiger charge is -2.43. The van der Waals surface area contributed by atoms with E-state index in [0.29, 0.717) is 25.3 Å². The quantitative estimate of drug-likeness (QED) is 0.774. The van der Waals surface area contributed by atoms with Crippen LogP contribution in [0.3, 0.4) is 0 Å². The molecule has 6 nitrogen and oxygen atoms in total. The summed E-state index contributed by atoms with van der Waals surface area (Å²) in [5, 5.41) is 7.69. The fourth-order valence-corrected chi connectivity index (χ4v) is 5.34. The Hall–Kier alpha value is -1.89. The van der Waals surface area contributed by atoms with Gasteiger partial charge in [-0.1, -0.05) is 26.8 Å². The van der Waals surface area contributed by atoms with Gasteiger partial charge in [-0.15, -0.1) is 11.3 Å². The van der Waals surface area contributed by atoms with Gasteiger partial charge in [-0.05, 0) is 48.5 Å². The molecule has 1 aliphatic carbocycles. The minimum absolute atomic E-state index is 0.0143. The molecule has 2 heterocycles. The van der Waals surface area contributed by atoms with Crippen molar-refractivity contribution in [1.29, 1.82) is 0 Å². The van der Waals surface area contributed by atoms with E-state index in [1.807, 2.05) is 17.5 Å². The second kappa shape index (κ2) is 7.02. The topological polar surface area (TPSA) is 78.5 Å². The highest BCUT2D eigenvalue weighted by atomic mass is 32.1. The molecule has 1 saturated heterocycles. The number of nitrogens with one attached hydrogen (secondary N) is 2. The molecule has 1 aromatic heterocycles. The number of thiophene rings is 1. The van der Waals surface area contributed by atoms with Crippen LogP contribution in [0.25, 0.3) is 0 Å². The van der Waals surface area contributed by atoms with E-state index in [1.165, 1.54) is 4.88 Å². The van der Waals surface area contributed by atoms with Crippen LogP contribution in [0, 0.1) is 11.3 Å². The molecule has 0 bridgehead atoms. The molecule has 7 heteroatoms. The summed E-state index contributed by atoms with van der Waals surface area (Å²) in [7, 11) is 0. The summed E-state index contributed by atoms with van der Waals surface area (Å²) in [5.74, 6) is -0.205. The number of rotatable bonds is 5. The van der Waals surface area contributed by atoms with E-state index >= 15 is 0 Å². The maximum absolute atomic E-state index is 13.0. The lowest BCUT2D eigenvalue weighted by atomic mass is 9.64. The molecular weight excluding hydrogens is 350 g/mol. The van der Waals surface area contributed by atoms with Crippen LogP contribution in [0.15, 0.2) is 17.5 Å².